The van der Waals surface area contributed by atoms with Gasteiger partial charge in [0, 0.05) is 27.8 Å². The van der Waals surface area contributed by atoms with Gasteiger partial charge in [-0.15, -0.1) is 0 Å². The highest BCUT2D eigenvalue weighted by Gasteiger charge is 2.07. The lowest BCUT2D eigenvalue weighted by Crippen LogP contribution is -2.17. The zero-order chi connectivity index (χ0) is 14.7. The molecule has 1 unspecified atom stereocenters. The first-order chi connectivity index (χ1) is 9.44. The molecule has 0 saturated carbocycles. The summed E-state index contributed by atoms with van der Waals surface area (Å²) < 4.78 is 5.72. The lowest BCUT2D eigenvalue weighted by Gasteiger charge is -2.11. The van der Waals surface area contributed by atoms with Gasteiger partial charge >= 0.3 is 0 Å². The predicted molar refractivity (Wildman–Crippen MR) is 82.9 cm³/mol. The van der Waals surface area contributed by atoms with E-state index in [-0.39, 0.29) is 6.04 Å². The Hall–Kier alpha value is -1.29. The number of ether oxygens (including phenoxy) is 1. The van der Waals surface area contributed by atoms with Crippen molar-refractivity contribution in [2.45, 2.75) is 26.3 Å². The maximum Gasteiger partial charge on any atom is 0.222 e. The molecule has 0 spiro atoms. The first-order valence-electron chi connectivity index (χ1n) is 6.29. The summed E-state index contributed by atoms with van der Waals surface area (Å²) in [7, 11) is 0. The van der Waals surface area contributed by atoms with Crippen LogP contribution in [0.5, 0.6) is 11.6 Å². The molecule has 0 fully saturated rings. The molecule has 0 radical (unpaired) electrons. The topological polar surface area (TPSA) is 48.1 Å². The van der Waals surface area contributed by atoms with E-state index in [0.29, 0.717) is 21.7 Å². The number of aromatic nitrogens is 1. The number of aryl methyl sites for hydroxylation is 1. The summed E-state index contributed by atoms with van der Waals surface area (Å²) in [5, 5.41) is 1.05. The molecule has 5 heteroatoms. The molecule has 1 aromatic heterocycles. The maximum atomic E-state index is 5.94. The van der Waals surface area contributed by atoms with Gasteiger partial charge in [0.1, 0.15) is 5.75 Å². The summed E-state index contributed by atoms with van der Waals surface area (Å²) in [4.78, 5) is 4.32. The third-order valence-electron chi connectivity index (χ3n) is 2.70. The number of halogens is 2. The number of hydrogen-bond acceptors (Lipinski definition) is 3. The molecule has 1 aromatic carbocycles. The van der Waals surface area contributed by atoms with E-state index in [1.165, 1.54) is 0 Å². The molecule has 0 bridgehead atoms. The van der Waals surface area contributed by atoms with E-state index >= 15 is 0 Å². The van der Waals surface area contributed by atoms with Crippen LogP contribution < -0.4 is 10.5 Å². The first-order valence-corrected chi connectivity index (χ1v) is 7.04. The maximum absolute atomic E-state index is 5.94. The second kappa shape index (κ2) is 6.44. The zero-order valence-electron chi connectivity index (χ0n) is 11.4. The molecule has 3 nitrogen and oxygen atoms in total. The Bertz CT molecular complexity index is 595. The molecule has 106 valence electrons. The quantitative estimate of drug-likeness (QED) is 0.911. The Morgan fingerprint density at radius 1 is 1.20 bits per heavy atom. The van der Waals surface area contributed by atoms with Crippen molar-refractivity contribution in [3.63, 3.8) is 0 Å². The molecular weight excluding hydrogens is 295 g/mol. The minimum Gasteiger partial charge on any atom is -0.439 e. The molecule has 2 aromatic rings. The molecule has 0 aliphatic heterocycles. The molecule has 0 aliphatic rings. The first kappa shape index (κ1) is 15.1. The van der Waals surface area contributed by atoms with Gasteiger partial charge in [-0.05, 0) is 50.1 Å². The van der Waals surface area contributed by atoms with Crippen molar-refractivity contribution in [3.8, 4) is 11.6 Å². The van der Waals surface area contributed by atoms with Crippen LogP contribution >= 0.6 is 23.2 Å². The third kappa shape index (κ3) is 4.10. The average molecular weight is 311 g/mol. The summed E-state index contributed by atoms with van der Waals surface area (Å²) in [6.07, 6.45) is 2.56. The third-order valence-corrected chi connectivity index (χ3v) is 3.13. The van der Waals surface area contributed by atoms with Gasteiger partial charge in [-0.3, -0.25) is 0 Å². The molecule has 2 N–H and O–H groups in total. The van der Waals surface area contributed by atoms with Crippen LogP contribution in [0.4, 0.5) is 0 Å². The Balaban J connectivity index is 2.21. The SMILES string of the molecule is Cc1cc(CC(C)N)cnc1Oc1cc(Cl)cc(Cl)c1. The van der Waals surface area contributed by atoms with Crippen molar-refractivity contribution in [1.82, 2.24) is 4.98 Å². The van der Waals surface area contributed by atoms with E-state index in [0.717, 1.165) is 17.5 Å². The Morgan fingerprint density at radius 3 is 2.40 bits per heavy atom. The highest BCUT2D eigenvalue weighted by molar-refractivity contribution is 6.34. The van der Waals surface area contributed by atoms with Crippen LogP contribution in [-0.2, 0) is 6.42 Å². The summed E-state index contributed by atoms with van der Waals surface area (Å²) >= 11 is 11.9. The van der Waals surface area contributed by atoms with Gasteiger partial charge in [-0.1, -0.05) is 23.2 Å². The predicted octanol–water partition coefficient (Wildman–Crippen LogP) is 4.38. The largest absolute Gasteiger partial charge is 0.439 e. The normalized spacial score (nSPS) is 12.2. The van der Waals surface area contributed by atoms with E-state index in [1.54, 1.807) is 24.4 Å². The van der Waals surface area contributed by atoms with Gasteiger partial charge in [0.2, 0.25) is 5.88 Å². The number of rotatable bonds is 4. The molecular formula is C15H16Cl2N2O. The van der Waals surface area contributed by atoms with E-state index in [1.807, 2.05) is 19.9 Å². The van der Waals surface area contributed by atoms with Gasteiger partial charge in [0.25, 0.3) is 0 Å². The van der Waals surface area contributed by atoms with Crippen LogP contribution in [0, 0.1) is 6.92 Å². The van der Waals surface area contributed by atoms with Crippen molar-refractivity contribution in [3.05, 3.63) is 51.6 Å². The van der Waals surface area contributed by atoms with Crippen molar-refractivity contribution >= 4 is 23.2 Å². The lowest BCUT2D eigenvalue weighted by molar-refractivity contribution is 0.458. The zero-order valence-corrected chi connectivity index (χ0v) is 12.9. The standard InChI is InChI=1S/C15H16Cl2N2O/c1-9-3-11(4-10(2)18)8-19-15(9)20-14-6-12(16)5-13(17)7-14/h3,5-8,10H,4,18H2,1-2H3. The summed E-state index contributed by atoms with van der Waals surface area (Å²) in [6, 6.07) is 7.18. The lowest BCUT2D eigenvalue weighted by atomic mass is 10.1. The van der Waals surface area contributed by atoms with Gasteiger partial charge in [0.05, 0.1) is 0 Å². The highest BCUT2D eigenvalue weighted by Crippen LogP contribution is 2.29. The number of hydrogen-bond donors (Lipinski definition) is 1. The average Bonchev–Trinajstić information content (AvgIpc) is 2.30. The molecule has 20 heavy (non-hydrogen) atoms. The van der Waals surface area contributed by atoms with Crippen LogP contribution in [0.1, 0.15) is 18.1 Å². The fourth-order valence-corrected chi connectivity index (χ4v) is 2.42. The Kier molecular flexibility index (Phi) is 4.86. The summed E-state index contributed by atoms with van der Waals surface area (Å²) in [5.41, 5.74) is 7.82. The molecule has 2 rings (SSSR count). The van der Waals surface area contributed by atoms with Crippen molar-refractivity contribution in [1.29, 1.82) is 0 Å². The summed E-state index contributed by atoms with van der Waals surface area (Å²) in [6.45, 7) is 3.91. The van der Waals surface area contributed by atoms with Crippen LogP contribution in [0.15, 0.2) is 30.5 Å². The van der Waals surface area contributed by atoms with E-state index < -0.39 is 0 Å². The monoisotopic (exact) mass is 310 g/mol. The number of benzene rings is 1. The Morgan fingerprint density at radius 2 is 1.85 bits per heavy atom. The Labute approximate surface area is 128 Å². The van der Waals surface area contributed by atoms with Crippen LogP contribution in [0.3, 0.4) is 0 Å². The van der Waals surface area contributed by atoms with Gasteiger partial charge < -0.3 is 10.5 Å². The van der Waals surface area contributed by atoms with Crippen molar-refractivity contribution < 1.29 is 4.74 Å². The fraction of sp³-hybridized carbons (Fsp3) is 0.267. The second-order valence-electron chi connectivity index (χ2n) is 4.85. The molecule has 1 heterocycles. The van der Waals surface area contributed by atoms with Gasteiger partial charge in [-0.25, -0.2) is 4.98 Å². The van der Waals surface area contributed by atoms with E-state index in [9.17, 15) is 0 Å². The smallest absolute Gasteiger partial charge is 0.222 e. The number of nitrogens with zero attached hydrogens (tertiary/aromatic N) is 1. The van der Waals surface area contributed by atoms with Crippen LogP contribution in [0.25, 0.3) is 0 Å². The highest BCUT2D eigenvalue weighted by atomic mass is 35.5. The number of nitrogens with two attached hydrogens (primary N) is 1. The molecule has 0 saturated heterocycles. The fourth-order valence-electron chi connectivity index (χ4n) is 1.91. The van der Waals surface area contributed by atoms with Gasteiger partial charge in [0.15, 0.2) is 0 Å². The number of pyridine rings is 1. The van der Waals surface area contributed by atoms with Crippen LogP contribution in [0.2, 0.25) is 10.0 Å². The van der Waals surface area contributed by atoms with Crippen molar-refractivity contribution in [2.24, 2.45) is 5.73 Å². The molecule has 0 aliphatic carbocycles. The summed E-state index contributed by atoms with van der Waals surface area (Å²) in [5.74, 6) is 1.11. The minimum atomic E-state index is 0.106. The van der Waals surface area contributed by atoms with E-state index in [4.69, 9.17) is 33.7 Å². The van der Waals surface area contributed by atoms with Crippen LogP contribution in [-0.4, -0.2) is 11.0 Å². The van der Waals surface area contributed by atoms with Crippen molar-refractivity contribution in [2.75, 3.05) is 0 Å². The molecule has 0 amide bonds. The minimum absolute atomic E-state index is 0.106. The second-order valence-corrected chi connectivity index (χ2v) is 5.73. The van der Waals surface area contributed by atoms with E-state index in [2.05, 4.69) is 4.98 Å². The molecule has 1 atom stereocenters. The van der Waals surface area contributed by atoms with Gasteiger partial charge in [-0.2, -0.15) is 0 Å².